The van der Waals surface area contributed by atoms with Gasteiger partial charge in [0.15, 0.2) is 0 Å². The van der Waals surface area contributed by atoms with Gasteiger partial charge in [-0.25, -0.2) is 4.98 Å². The maximum absolute atomic E-state index is 12.9. The number of hydrogen-bond donors (Lipinski definition) is 2. The molecule has 0 bridgehead atoms. The van der Waals surface area contributed by atoms with Crippen LogP contribution in [0.1, 0.15) is 28.4 Å². The predicted molar refractivity (Wildman–Crippen MR) is 120 cm³/mol. The number of nitrogen functional groups attached to an aromatic ring is 1. The molecule has 4 aromatic rings. The third-order valence-electron chi connectivity index (χ3n) is 5.29. The van der Waals surface area contributed by atoms with Crippen LogP contribution in [0, 0.1) is 0 Å². The monoisotopic (exact) mass is 435 g/mol. The number of aromatic nitrogens is 1. The highest BCUT2D eigenvalue weighted by Gasteiger charge is 2.30. The molecule has 32 heavy (non-hydrogen) atoms. The number of hydrogen-bond acceptors (Lipinski definition) is 3. The number of amides is 1. The van der Waals surface area contributed by atoms with Gasteiger partial charge >= 0.3 is 6.18 Å². The largest absolute Gasteiger partial charge is 0.416 e. The van der Waals surface area contributed by atoms with Gasteiger partial charge in [0.05, 0.1) is 5.56 Å². The van der Waals surface area contributed by atoms with Crippen molar-refractivity contribution in [1.29, 1.82) is 0 Å². The molecular weight excluding hydrogens is 415 g/mol. The van der Waals surface area contributed by atoms with Gasteiger partial charge in [0.1, 0.15) is 5.82 Å². The fraction of sp³-hybridized carbons (Fsp3) is 0.120. The van der Waals surface area contributed by atoms with E-state index in [1.807, 2.05) is 24.3 Å². The third-order valence-corrected chi connectivity index (χ3v) is 5.29. The Bertz CT molecular complexity index is 1320. The molecule has 4 nitrogen and oxygen atoms in total. The van der Waals surface area contributed by atoms with Crippen molar-refractivity contribution in [3.8, 4) is 11.1 Å². The van der Waals surface area contributed by atoms with Crippen molar-refractivity contribution in [1.82, 2.24) is 4.98 Å². The lowest BCUT2D eigenvalue weighted by molar-refractivity contribution is -0.137. The van der Waals surface area contributed by atoms with Gasteiger partial charge in [-0.15, -0.1) is 0 Å². The van der Waals surface area contributed by atoms with Crippen LogP contribution in [0.4, 0.5) is 24.7 Å². The zero-order valence-corrected chi connectivity index (χ0v) is 17.2. The van der Waals surface area contributed by atoms with E-state index in [9.17, 15) is 18.0 Å². The van der Waals surface area contributed by atoms with E-state index >= 15 is 0 Å². The number of nitrogens with two attached hydrogens (primary N) is 1. The number of aryl methyl sites for hydroxylation is 1. The molecule has 0 atom stereocenters. The van der Waals surface area contributed by atoms with E-state index in [4.69, 9.17) is 5.73 Å². The van der Waals surface area contributed by atoms with E-state index in [1.54, 1.807) is 24.4 Å². The Hall–Kier alpha value is -3.87. The smallest absolute Gasteiger partial charge is 0.383 e. The fourth-order valence-electron chi connectivity index (χ4n) is 3.60. The topological polar surface area (TPSA) is 68.0 Å². The van der Waals surface area contributed by atoms with Crippen LogP contribution in [0.3, 0.4) is 0 Å². The molecule has 0 saturated carbocycles. The summed E-state index contributed by atoms with van der Waals surface area (Å²) in [5, 5.41) is 4.56. The molecular formula is C25H20F3N3O. The van der Waals surface area contributed by atoms with Crippen molar-refractivity contribution in [2.24, 2.45) is 0 Å². The quantitative estimate of drug-likeness (QED) is 0.394. The van der Waals surface area contributed by atoms with E-state index in [-0.39, 0.29) is 5.56 Å². The number of nitrogens with one attached hydrogen (secondary N) is 1. The van der Waals surface area contributed by atoms with Gasteiger partial charge < -0.3 is 11.1 Å². The molecule has 1 amide bonds. The Morgan fingerprint density at radius 2 is 1.72 bits per heavy atom. The number of carbonyl (C=O) groups is 1. The normalized spacial score (nSPS) is 11.5. The molecule has 3 N–H and O–H groups in total. The van der Waals surface area contributed by atoms with Crippen molar-refractivity contribution in [3.63, 3.8) is 0 Å². The first-order valence-electron chi connectivity index (χ1n) is 10.0. The number of pyridine rings is 1. The summed E-state index contributed by atoms with van der Waals surface area (Å²) < 4.78 is 38.8. The number of fused-ring (bicyclic) bond motifs is 1. The summed E-state index contributed by atoms with van der Waals surface area (Å²) in [6.07, 6.45) is -1.90. The zero-order chi connectivity index (χ0) is 22.9. The molecule has 1 heterocycles. The first-order chi connectivity index (χ1) is 15.3. The van der Waals surface area contributed by atoms with Gasteiger partial charge in [-0.2, -0.15) is 13.2 Å². The number of benzene rings is 3. The summed E-state index contributed by atoms with van der Waals surface area (Å²) in [5.74, 6) is -0.180. The van der Waals surface area contributed by atoms with Crippen molar-refractivity contribution in [3.05, 3.63) is 89.6 Å². The zero-order valence-electron chi connectivity index (χ0n) is 17.2. The van der Waals surface area contributed by atoms with E-state index in [2.05, 4.69) is 17.2 Å². The van der Waals surface area contributed by atoms with Crippen molar-refractivity contribution < 1.29 is 18.0 Å². The summed E-state index contributed by atoms with van der Waals surface area (Å²) in [5.41, 5.74) is 8.43. The molecule has 0 fully saturated rings. The maximum Gasteiger partial charge on any atom is 0.416 e. The van der Waals surface area contributed by atoms with Crippen molar-refractivity contribution in [2.45, 2.75) is 19.5 Å². The van der Waals surface area contributed by atoms with Crippen LogP contribution >= 0.6 is 0 Å². The molecule has 0 spiro atoms. The highest BCUT2D eigenvalue weighted by Crippen LogP contribution is 2.31. The van der Waals surface area contributed by atoms with E-state index in [0.717, 1.165) is 46.0 Å². The van der Waals surface area contributed by atoms with Crippen LogP contribution in [0.5, 0.6) is 0 Å². The molecule has 7 heteroatoms. The van der Waals surface area contributed by atoms with Gasteiger partial charge in [0, 0.05) is 22.8 Å². The van der Waals surface area contributed by atoms with E-state index in [0.29, 0.717) is 11.5 Å². The number of halogens is 3. The maximum atomic E-state index is 12.9. The summed E-state index contributed by atoms with van der Waals surface area (Å²) >= 11 is 0. The Labute approximate surface area is 182 Å². The van der Waals surface area contributed by atoms with Gasteiger partial charge in [-0.3, -0.25) is 4.79 Å². The lowest BCUT2D eigenvalue weighted by atomic mass is 9.98. The molecule has 3 aromatic carbocycles. The average Bonchev–Trinajstić information content (AvgIpc) is 2.79. The molecule has 0 saturated heterocycles. The van der Waals surface area contributed by atoms with Crippen LogP contribution in [0.25, 0.3) is 21.9 Å². The Morgan fingerprint density at radius 3 is 2.47 bits per heavy atom. The number of carbonyl (C=O) groups excluding carboxylic acids is 1. The third kappa shape index (κ3) is 4.27. The van der Waals surface area contributed by atoms with E-state index in [1.165, 1.54) is 12.1 Å². The lowest BCUT2D eigenvalue weighted by Gasteiger charge is -2.11. The Morgan fingerprint density at radius 1 is 0.969 bits per heavy atom. The molecule has 4 rings (SSSR count). The summed E-state index contributed by atoms with van der Waals surface area (Å²) in [6, 6.07) is 17.3. The van der Waals surface area contributed by atoms with Gasteiger partial charge in [-0.1, -0.05) is 37.3 Å². The Balaban J connectivity index is 1.63. The fourth-order valence-corrected chi connectivity index (χ4v) is 3.60. The van der Waals surface area contributed by atoms with Crippen molar-refractivity contribution in [2.75, 3.05) is 11.1 Å². The highest BCUT2D eigenvalue weighted by molar-refractivity contribution is 6.04. The second-order valence-corrected chi connectivity index (χ2v) is 7.40. The van der Waals surface area contributed by atoms with Gasteiger partial charge in [0.25, 0.3) is 5.91 Å². The first-order valence-corrected chi connectivity index (χ1v) is 10.0. The standard InChI is InChI=1S/C25H20F3N3O/c1-2-15-14-30-23(29)22-13-17(9-10-21(15)22)16-5-4-8-20(12-16)31-24(32)18-6-3-7-19(11-18)25(26,27)28/h3-14H,2H2,1H3,(H2,29,30)(H,31,32). The number of rotatable bonds is 4. The molecule has 0 unspecified atom stereocenters. The minimum atomic E-state index is -4.51. The van der Waals surface area contributed by atoms with Crippen LogP contribution in [-0.4, -0.2) is 10.9 Å². The predicted octanol–water partition coefficient (Wildman–Crippen LogP) is 6.32. The highest BCUT2D eigenvalue weighted by atomic mass is 19.4. The van der Waals surface area contributed by atoms with Crippen LogP contribution in [-0.2, 0) is 12.6 Å². The second-order valence-electron chi connectivity index (χ2n) is 7.40. The summed E-state index contributed by atoms with van der Waals surface area (Å²) in [7, 11) is 0. The molecule has 1 aromatic heterocycles. The number of anilines is 2. The minimum absolute atomic E-state index is 0.0677. The molecule has 0 aliphatic carbocycles. The SMILES string of the molecule is CCc1cnc(N)c2cc(-c3cccc(NC(=O)c4cccc(C(F)(F)F)c4)c3)ccc12. The number of nitrogens with zero attached hydrogens (tertiary/aromatic N) is 1. The lowest BCUT2D eigenvalue weighted by Crippen LogP contribution is -2.13. The first kappa shape index (κ1) is 21.4. The van der Waals surface area contributed by atoms with Crippen molar-refractivity contribution >= 4 is 28.2 Å². The average molecular weight is 435 g/mol. The number of alkyl halides is 3. The van der Waals surface area contributed by atoms with Crippen LogP contribution in [0.2, 0.25) is 0 Å². The van der Waals surface area contributed by atoms with E-state index < -0.39 is 17.6 Å². The van der Waals surface area contributed by atoms with Gasteiger partial charge in [-0.05, 0) is 64.9 Å². The second kappa shape index (κ2) is 8.34. The minimum Gasteiger partial charge on any atom is -0.383 e. The van der Waals surface area contributed by atoms with Crippen LogP contribution < -0.4 is 11.1 Å². The van der Waals surface area contributed by atoms with Gasteiger partial charge in [0.2, 0.25) is 0 Å². The molecule has 0 aliphatic heterocycles. The molecule has 0 radical (unpaired) electrons. The van der Waals surface area contributed by atoms with Crippen LogP contribution in [0.15, 0.2) is 72.9 Å². The summed E-state index contributed by atoms with van der Waals surface area (Å²) in [6.45, 7) is 2.05. The Kier molecular flexibility index (Phi) is 5.57. The summed E-state index contributed by atoms with van der Waals surface area (Å²) in [4.78, 5) is 16.8. The molecule has 162 valence electrons. The molecule has 0 aliphatic rings.